The van der Waals surface area contributed by atoms with E-state index in [0.29, 0.717) is 26.2 Å². The van der Waals surface area contributed by atoms with Crippen LogP contribution in [0.3, 0.4) is 0 Å². The maximum atomic E-state index is 11.7. The molecule has 2 N–H and O–H groups in total. The molecule has 0 aromatic rings. The van der Waals surface area contributed by atoms with Gasteiger partial charge in [-0.3, -0.25) is 9.59 Å². The summed E-state index contributed by atoms with van der Waals surface area (Å²) in [6, 6.07) is 0.0617. The van der Waals surface area contributed by atoms with Gasteiger partial charge in [-0.05, 0) is 13.8 Å². The molecule has 1 saturated heterocycles. The number of carbonyl (C=O) groups is 2. The van der Waals surface area contributed by atoms with Crippen molar-refractivity contribution in [1.29, 1.82) is 0 Å². The van der Waals surface area contributed by atoms with Crippen LogP contribution in [0.5, 0.6) is 0 Å². The topological polar surface area (TPSA) is 76.7 Å². The number of amides is 1. The fourth-order valence-corrected chi connectivity index (χ4v) is 1.75. The van der Waals surface area contributed by atoms with Gasteiger partial charge in [-0.15, -0.1) is 0 Å². The standard InChI is InChI=1S/C13H24N2O4/c1-9(2)19-13(17)10(3)7-15-12(16)6-11-8-18-5-4-14-11/h9-11,14H,4-8H2,1-3H3,(H,15,16). The van der Waals surface area contributed by atoms with E-state index in [2.05, 4.69) is 10.6 Å². The Balaban J connectivity index is 2.19. The second-order valence-corrected chi connectivity index (χ2v) is 5.12. The Morgan fingerprint density at radius 3 is 2.74 bits per heavy atom. The van der Waals surface area contributed by atoms with Crippen molar-refractivity contribution in [1.82, 2.24) is 10.6 Å². The molecule has 1 amide bonds. The minimum atomic E-state index is -0.332. The van der Waals surface area contributed by atoms with Gasteiger partial charge in [-0.1, -0.05) is 6.92 Å². The van der Waals surface area contributed by atoms with Crippen LogP contribution in [0.2, 0.25) is 0 Å². The molecule has 6 nitrogen and oxygen atoms in total. The Labute approximate surface area is 114 Å². The molecule has 1 aliphatic heterocycles. The van der Waals surface area contributed by atoms with Crippen LogP contribution in [0, 0.1) is 5.92 Å². The van der Waals surface area contributed by atoms with Gasteiger partial charge < -0.3 is 20.1 Å². The van der Waals surface area contributed by atoms with Crippen LogP contribution in [-0.4, -0.2) is 50.3 Å². The first-order valence-corrected chi connectivity index (χ1v) is 6.77. The van der Waals surface area contributed by atoms with Gasteiger partial charge in [0.15, 0.2) is 0 Å². The van der Waals surface area contributed by atoms with Crippen LogP contribution >= 0.6 is 0 Å². The number of esters is 1. The zero-order chi connectivity index (χ0) is 14.3. The van der Waals surface area contributed by atoms with Crippen molar-refractivity contribution in [2.45, 2.75) is 39.3 Å². The van der Waals surface area contributed by atoms with Gasteiger partial charge in [0.05, 0.1) is 25.2 Å². The van der Waals surface area contributed by atoms with E-state index in [-0.39, 0.29) is 29.9 Å². The quantitative estimate of drug-likeness (QED) is 0.669. The van der Waals surface area contributed by atoms with E-state index >= 15 is 0 Å². The van der Waals surface area contributed by atoms with Gasteiger partial charge >= 0.3 is 5.97 Å². The van der Waals surface area contributed by atoms with Crippen LogP contribution in [0.15, 0.2) is 0 Å². The third-order valence-electron chi connectivity index (χ3n) is 2.79. The van der Waals surface area contributed by atoms with Crippen LogP contribution in [0.1, 0.15) is 27.2 Å². The fourth-order valence-electron chi connectivity index (χ4n) is 1.75. The Bertz CT molecular complexity index is 301. The number of hydrogen-bond donors (Lipinski definition) is 2. The van der Waals surface area contributed by atoms with Gasteiger partial charge in [0.2, 0.25) is 5.91 Å². The summed E-state index contributed by atoms with van der Waals surface area (Å²) < 4.78 is 10.3. The van der Waals surface area contributed by atoms with Crippen molar-refractivity contribution in [2.75, 3.05) is 26.3 Å². The number of morpholine rings is 1. The molecule has 19 heavy (non-hydrogen) atoms. The van der Waals surface area contributed by atoms with Gasteiger partial charge in [0, 0.05) is 25.6 Å². The van der Waals surface area contributed by atoms with Crippen molar-refractivity contribution in [2.24, 2.45) is 5.92 Å². The molecule has 0 aromatic carbocycles. The molecule has 0 radical (unpaired) electrons. The molecule has 0 spiro atoms. The van der Waals surface area contributed by atoms with E-state index in [1.807, 2.05) is 0 Å². The van der Waals surface area contributed by atoms with Gasteiger partial charge in [-0.2, -0.15) is 0 Å². The number of rotatable bonds is 6. The highest BCUT2D eigenvalue weighted by Crippen LogP contribution is 2.02. The highest BCUT2D eigenvalue weighted by Gasteiger charge is 2.19. The van der Waals surface area contributed by atoms with Crippen LogP contribution in [0.4, 0.5) is 0 Å². The Kier molecular flexibility index (Phi) is 6.80. The predicted molar refractivity (Wildman–Crippen MR) is 70.6 cm³/mol. The molecule has 0 aromatic heterocycles. The van der Waals surface area contributed by atoms with Crippen molar-refractivity contribution in [3.63, 3.8) is 0 Å². The summed E-state index contributed by atoms with van der Waals surface area (Å²) in [4.78, 5) is 23.3. The first-order valence-electron chi connectivity index (χ1n) is 6.77. The summed E-state index contributed by atoms with van der Waals surface area (Å²) in [5, 5.41) is 5.96. The number of ether oxygens (including phenoxy) is 2. The van der Waals surface area contributed by atoms with Crippen LogP contribution < -0.4 is 10.6 Å². The van der Waals surface area contributed by atoms with Crippen LogP contribution in [0.25, 0.3) is 0 Å². The summed E-state index contributed by atoms with van der Waals surface area (Å²) in [7, 11) is 0. The van der Waals surface area contributed by atoms with Gasteiger partial charge in [-0.25, -0.2) is 0 Å². The normalized spacial score (nSPS) is 20.9. The molecule has 0 bridgehead atoms. The number of carbonyl (C=O) groups excluding carboxylic acids is 2. The largest absolute Gasteiger partial charge is 0.463 e. The van der Waals surface area contributed by atoms with E-state index in [9.17, 15) is 9.59 Å². The predicted octanol–water partition coefficient (Wildman–Crippen LogP) is 0.0688. The molecule has 1 rings (SSSR count). The molecule has 0 aliphatic carbocycles. The van der Waals surface area contributed by atoms with Crippen molar-refractivity contribution in [3.05, 3.63) is 0 Å². The SMILES string of the molecule is CC(C)OC(=O)C(C)CNC(=O)CC1COCCN1. The molecular weight excluding hydrogens is 248 g/mol. The van der Waals surface area contributed by atoms with Gasteiger partial charge in [0.25, 0.3) is 0 Å². The zero-order valence-corrected chi connectivity index (χ0v) is 11.9. The third kappa shape index (κ3) is 6.54. The summed E-state index contributed by atoms with van der Waals surface area (Å²) in [5.41, 5.74) is 0. The molecule has 0 saturated carbocycles. The van der Waals surface area contributed by atoms with Crippen molar-refractivity contribution in [3.8, 4) is 0 Å². The van der Waals surface area contributed by atoms with E-state index in [1.165, 1.54) is 0 Å². The zero-order valence-electron chi connectivity index (χ0n) is 11.9. The second-order valence-electron chi connectivity index (χ2n) is 5.12. The van der Waals surface area contributed by atoms with Crippen molar-refractivity contribution < 1.29 is 19.1 Å². The first-order chi connectivity index (χ1) is 8.99. The fraction of sp³-hybridized carbons (Fsp3) is 0.846. The molecule has 1 heterocycles. The lowest BCUT2D eigenvalue weighted by atomic mass is 10.1. The summed E-state index contributed by atoms with van der Waals surface area (Å²) in [6.07, 6.45) is 0.237. The number of hydrogen-bond acceptors (Lipinski definition) is 5. The first kappa shape index (κ1) is 15.9. The summed E-state index contributed by atoms with van der Waals surface area (Å²) >= 11 is 0. The van der Waals surface area contributed by atoms with E-state index in [1.54, 1.807) is 20.8 Å². The lowest BCUT2D eigenvalue weighted by Crippen LogP contribution is -2.45. The molecule has 1 fully saturated rings. The molecule has 6 heteroatoms. The minimum absolute atomic E-state index is 0.0617. The smallest absolute Gasteiger partial charge is 0.310 e. The Morgan fingerprint density at radius 2 is 2.16 bits per heavy atom. The minimum Gasteiger partial charge on any atom is -0.463 e. The highest BCUT2D eigenvalue weighted by molar-refractivity contribution is 5.78. The molecule has 2 unspecified atom stereocenters. The Hall–Kier alpha value is -1.14. The molecule has 2 atom stereocenters. The van der Waals surface area contributed by atoms with Gasteiger partial charge in [0.1, 0.15) is 0 Å². The maximum absolute atomic E-state index is 11.7. The highest BCUT2D eigenvalue weighted by atomic mass is 16.5. The monoisotopic (exact) mass is 272 g/mol. The van der Waals surface area contributed by atoms with Crippen LogP contribution in [-0.2, 0) is 19.1 Å². The molecule has 110 valence electrons. The lowest BCUT2D eigenvalue weighted by Gasteiger charge is -2.23. The molecular formula is C13H24N2O4. The average molecular weight is 272 g/mol. The van der Waals surface area contributed by atoms with Crippen molar-refractivity contribution >= 4 is 11.9 Å². The third-order valence-corrected chi connectivity index (χ3v) is 2.79. The summed E-state index contributed by atoms with van der Waals surface area (Å²) in [6.45, 7) is 7.67. The lowest BCUT2D eigenvalue weighted by molar-refractivity contribution is -0.151. The summed E-state index contributed by atoms with van der Waals surface area (Å²) in [5.74, 6) is -0.691. The average Bonchev–Trinajstić information content (AvgIpc) is 2.36. The van der Waals surface area contributed by atoms with E-state index in [0.717, 1.165) is 6.54 Å². The Morgan fingerprint density at radius 1 is 1.42 bits per heavy atom. The van der Waals surface area contributed by atoms with E-state index in [4.69, 9.17) is 9.47 Å². The second kappa shape index (κ2) is 8.12. The number of nitrogens with one attached hydrogen (secondary N) is 2. The maximum Gasteiger partial charge on any atom is 0.310 e. The van der Waals surface area contributed by atoms with E-state index < -0.39 is 0 Å². The molecule has 1 aliphatic rings.